The van der Waals surface area contributed by atoms with Gasteiger partial charge in [0.2, 0.25) is 10.0 Å². The lowest BCUT2D eigenvalue weighted by atomic mass is 10.1. The van der Waals surface area contributed by atoms with Crippen LogP contribution in [-0.2, 0) is 29.2 Å². The van der Waals surface area contributed by atoms with E-state index in [1.165, 1.54) is 30.3 Å². The topological polar surface area (TPSA) is 46.2 Å². The maximum absolute atomic E-state index is 13.0. The molecule has 2 aromatic rings. The van der Waals surface area contributed by atoms with Crippen molar-refractivity contribution < 1.29 is 21.6 Å². The summed E-state index contributed by atoms with van der Waals surface area (Å²) in [4.78, 5) is 0.0428. The molecular weight excluding hydrogens is 363 g/mol. The number of unbranched alkanes of at least 4 members (excludes halogenated alkanes) is 2. The van der Waals surface area contributed by atoms with Crippen LogP contribution in [0, 0.1) is 0 Å². The summed E-state index contributed by atoms with van der Waals surface area (Å²) in [6.45, 7) is 1.69. The summed E-state index contributed by atoms with van der Waals surface area (Å²) in [5.74, 6) is 0. The highest BCUT2D eigenvalue weighted by Gasteiger charge is 2.33. The van der Waals surface area contributed by atoms with Gasteiger partial charge in [-0.15, -0.1) is 0 Å². The molecule has 0 unspecified atom stereocenters. The maximum Gasteiger partial charge on any atom is 0.416 e. The van der Waals surface area contributed by atoms with Crippen LogP contribution in [0.5, 0.6) is 0 Å². The lowest BCUT2D eigenvalue weighted by Gasteiger charge is -2.13. The Labute approximate surface area is 152 Å². The Bertz CT molecular complexity index is 815. The van der Waals surface area contributed by atoms with Gasteiger partial charge in [0.1, 0.15) is 0 Å². The van der Waals surface area contributed by atoms with Crippen molar-refractivity contribution in [2.24, 2.45) is 0 Å². The van der Waals surface area contributed by atoms with Gasteiger partial charge in [-0.3, -0.25) is 0 Å². The number of alkyl halides is 3. The van der Waals surface area contributed by atoms with Crippen LogP contribution in [0.3, 0.4) is 0 Å². The van der Waals surface area contributed by atoms with Gasteiger partial charge in [0, 0.05) is 6.54 Å². The van der Waals surface area contributed by atoms with Crippen LogP contribution < -0.4 is 4.72 Å². The van der Waals surface area contributed by atoms with Crippen LogP contribution in [0.2, 0.25) is 0 Å². The normalized spacial score (nSPS) is 12.3. The first-order valence-electron chi connectivity index (χ1n) is 8.48. The van der Waals surface area contributed by atoms with E-state index in [4.69, 9.17) is 0 Å². The zero-order valence-electron chi connectivity index (χ0n) is 14.5. The Balaban J connectivity index is 2.08. The first-order valence-corrected chi connectivity index (χ1v) is 9.96. The second-order valence-electron chi connectivity index (χ2n) is 6.08. The van der Waals surface area contributed by atoms with E-state index in [1.807, 2.05) is 0 Å². The Hall–Kier alpha value is -1.86. The second kappa shape index (κ2) is 8.68. The van der Waals surface area contributed by atoms with Crippen molar-refractivity contribution in [2.45, 2.75) is 50.2 Å². The van der Waals surface area contributed by atoms with Crippen molar-refractivity contribution in [2.75, 3.05) is 0 Å². The molecule has 2 aromatic carbocycles. The number of sulfonamides is 1. The third-order valence-electron chi connectivity index (χ3n) is 4.08. The Morgan fingerprint density at radius 3 is 2.23 bits per heavy atom. The molecule has 0 amide bonds. The average molecular weight is 385 g/mol. The predicted molar refractivity (Wildman–Crippen MR) is 95.1 cm³/mol. The minimum absolute atomic E-state index is 0.0428. The smallest absolute Gasteiger partial charge is 0.207 e. The van der Waals surface area contributed by atoms with E-state index in [9.17, 15) is 21.6 Å². The fourth-order valence-electron chi connectivity index (χ4n) is 2.62. The monoisotopic (exact) mass is 385 g/mol. The van der Waals surface area contributed by atoms with Crippen molar-refractivity contribution in [3.63, 3.8) is 0 Å². The summed E-state index contributed by atoms with van der Waals surface area (Å²) in [5, 5.41) is 0. The van der Waals surface area contributed by atoms with Gasteiger partial charge in [-0.25, -0.2) is 13.1 Å². The summed E-state index contributed by atoms with van der Waals surface area (Å²) < 4.78 is 65.9. The molecule has 0 heterocycles. The molecule has 3 nitrogen and oxygen atoms in total. The number of benzene rings is 2. The van der Waals surface area contributed by atoms with Crippen molar-refractivity contribution >= 4 is 10.0 Å². The van der Waals surface area contributed by atoms with Crippen molar-refractivity contribution in [3.05, 3.63) is 65.2 Å². The van der Waals surface area contributed by atoms with Crippen molar-refractivity contribution in [1.29, 1.82) is 0 Å². The first kappa shape index (κ1) is 20.5. The number of hydrogen-bond donors (Lipinski definition) is 1. The lowest BCUT2D eigenvalue weighted by molar-refractivity contribution is -0.138. The molecule has 0 aliphatic rings. The van der Waals surface area contributed by atoms with E-state index < -0.39 is 28.3 Å². The van der Waals surface area contributed by atoms with Crippen LogP contribution in [0.1, 0.15) is 42.9 Å². The third-order valence-corrected chi connectivity index (χ3v) is 5.50. The highest BCUT2D eigenvalue weighted by Crippen LogP contribution is 2.31. The Kier molecular flexibility index (Phi) is 6.83. The zero-order valence-corrected chi connectivity index (χ0v) is 15.3. The molecule has 0 aromatic heterocycles. The molecule has 0 aliphatic carbocycles. The quantitative estimate of drug-likeness (QED) is 0.656. The number of aryl methyl sites for hydroxylation is 1. The van der Waals surface area contributed by atoms with Crippen molar-refractivity contribution in [3.8, 4) is 0 Å². The highest BCUT2D eigenvalue weighted by molar-refractivity contribution is 7.89. The zero-order chi connectivity index (χ0) is 19.2. The van der Waals surface area contributed by atoms with Crippen LogP contribution in [0.4, 0.5) is 13.2 Å². The molecule has 0 fully saturated rings. The maximum atomic E-state index is 13.0. The van der Waals surface area contributed by atoms with Gasteiger partial charge < -0.3 is 0 Å². The predicted octanol–water partition coefficient (Wildman–Crippen LogP) is 4.92. The van der Waals surface area contributed by atoms with Gasteiger partial charge in [0.25, 0.3) is 0 Å². The number of hydrogen-bond acceptors (Lipinski definition) is 2. The molecule has 0 aliphatic heterocycles. The molecule has 7 heteroatoms. The molecule has 0 atom stereocenters. The van der Waals surface area contributed by atoms with Gasteiger partial charge in [-0.05, 0) is 42.2 Å². The van der Waals surface area contributed by atoms with E-state index in [1.54, 1.807) is 12.1 Å². The molecule has 1 N–H and O–H groups in total. The fraction of sp³-hybridized carbons (Fsp3) is 0.368. The molecule has 142 valence electrons. The van der Waals surface area contributed by atoms with Gasteiger partial charge in [-0.2, -0.15) is 13.2 Å². The van der Waals surface area contributed by atoms with Crippen LogP contribution in [-0.4, -0.2) is 8.42 Å². The largest absolute Gasteiger partial charge is 0.416 e. The fourth-order valence-corrected chi connectivity index (χ4v) is 3.63. The molecule has 26 heavy (non-hydrogen) atoms. The molecule has 0 saturated heterocycles. The van der Waals surface area contributed by atoms with Crippen LogP contribution in [0.15, 0.2) is 53.4 Å². The van der Waals surface area contributed by atoms with Crippen LogP contribution in [0.25, 0.3) is 0 Å². The van der Waals surface area contributed by atoms with E-state index in [0.29, 0.717) is 0 Å². The van der Waals surface area contributed by atoms with E-state index >= 15 is 0 Å². The van der Waals surface area contributed by atoms with Crippen molar-refractivity contribution in [1.82, 2.24) is 4.72 Å². The summed E-state index contributed by atoms with van der Waals surface area (Å²) in [6, 6.07) is 11.4. The molecule has 0 spiro atoms. The lowest BCUT2D eigenvalue weighted by Crippen LogP contribution is -2.24. The highest BCUT2D eigenvalue weighted by atomic mass is 32.2. The first-order chi connectivity index (χ1) is 12.2. The summed E-state index contributed by atoms with van der Waals surface area (Å²) in [6.07, 6.45) is -0.395. The van der Waals surface area contributed by atoms with Gasteiger partial charge in [0.05, 0.1) is 10.5 Å². The molecule has 0 bridgehead atoms. The van der Waals surface area contributed by atoms with Gasteiger partial charge in [0.15, 0.2) is 0 Å². The average Bonchev–Trinajstić information content (AvgIpc) is 2.60. The number of halogens is 3. The second-order valence-corrected chi connectivity index (χ2v) is 7.85. The SMILES string of the molecule is CCCCCc1ccc(S(=O)(=O)NCc2ccccc2C(F)(F)F)cc1. The minimum Gasteiger partial charge on any atom is -0.207 e. The molecule has 2 rings (SSSR count). The number of rotatable bonds is 8. The summed E-state index contributed by atoms with van der Waals surface area (Å²) in [5.41, 5.74) is 0.0912. The summed E-state index contributed by atoms with van der Waals surface area (Å²) >= 11 is 0. The summed E-state index contributed by atoms with van der Waals surface area (Å²) in [7, 11) is -3.88. The molecule has 0 saturated carbocycles. The minimum atomic E-state index is -4.53. The molecular formula is C19H22F3NO2S. The van der Waals surface area contributed by atoms with E-state index in [0.717, 1.165) is 37.3 Å². The van der Waals surface area contributed by atoms with Gasteiger partial charge in [-0.1, -0.05) is 50.1 Å². The number of nitrogens with one attached hydrogen (secondary N) is 1. The standard InChI is InChI=1S/C19H22F3NO2S/c1-2-3-4-7-15-10-12-17(13-11-15)26(24,25)23-14-16-8-5-6-9-18(16)19(20,21)22/h5-6,8-13,23H,2-4,7,14H2,1H3. The third kappa shape index (κ3) is 5.57. The Morgan fingerprint density at radius 2 is 1.62 bits per heavy atom. The van der Waals surface area contributed by atoms with E-state index in [-0.39, 0.29) is 10.5 Å². The molecule has 0 radical (unpaired) electrons. The van der Waals surface area contributed by atoms with E-state index in [2.05, 4.69) is 11.6 Å². The van der Waals surface area contributed by atoms with Gasteiger partial charge >= 0.3 is 6.18 Å². The van der Waals surface area contributed by atoms with Crippen LogP contribution >= 0.6 is 0 Å². The Morgan fingerprint density at radius 1 is 0.962 bits per heavy atom.